The molecule has 3 atom stereocenters. The van der Waals surface area contributed by atoms with Crippen LogP contribution >= 0.6 is 11.8 Å². The molecule has 0 N–H and O–H groups in total. The Hall–Kier alpha value is 0.270. The highest BCUT2D eigenvalue weighted by Crippen LogP contribution is 2.35. The predicted octanol–water partition coefficient (Wildman–Crippen LogP) is 3.16. The molecule has 0 spiro atoms. The van der Waals surface area contributed by atoms with Gasteiger partial charge in [-0.1, -0.05) is 6.42 Å². The van der Waals surface area contributed by atoms with Crippen LogP contribution in [0.15, 0.2) is 0 Å². The van der Waals surface area contributed by atoms with Gasteiger partial charge in [0.1, 0.15) is 0 Å². The molecule has 3 saturated heterocycles. The van der Waals surface area contributed by atoms with Gasteiger partial charge in [0.15, 0.2) is 0 Å². The molecule has 104 valence electrons. The summed E-state index contributed by atoms with van der Waals surface area (Å²) in [7, 11) is 0. The van der Waals surface area contributed by atoms with Crippen molar-refractivity contribution in [2.45, 2.75) is 57.1 Å². The molecule has 3 rings (SSSR count). The zero-order valence-electron chi connectivity index (χ0n) is 11.5. The Labute approximate surface area is 116 Å². The minimum atomic E-state index is 0.576. The maximum absolute atomic E-state index is 6.10. The molecule has 0 bridgehead atoms. The van der Waals surface area contributed by atoms with Crippen LogP contribution in [0.1, 0.15) is 44.9 Å². The van der Waals surface area contributed by atoms with Crippen molar-refractivity contribution in [1.29, 1.82) is 0 Å². The fourth-order valence-corrected chi connectivity index (χ4v) is 5.21. The van der Waals surface area contributed by atoms with Gasteiger partial charge in [0.05, 0.1) is 6.10 Å². The molecule has 0 aromatic carbocycles. The van der Waals surface area contributed by atoms with Gasteiger partial charge in [-0.05, 0) is 57.4 Å². The third-order valence-corrected chi connectivity index (χ3v) is 6.03. The van der Waals surface area contributed by atoms with Gasteiger partial charge in [0.2, 0.25) is 0 Å². The Bertz CT molecular complexity index is 223. The number of rotatable bonds is 2. The van der Waals surface area contributed by atoms with Crippen LogP contribution < -0.4 is 0 Å². The van der Waals surface area contributed by atoms with Gasteiger partial charge in [-0.2, -0.15) is 11.8 Å². The highest BCUT2D eigenvalue weighted by Gasteiger charge is 2.37. The average molecular weight is 269 g/mol. The lowest BCUT2D eigenvalue weighted by atomic mass is 9.86. The van der Waals surface area contributed by atoms with Crippen molar-refractivity contribution in [3.05, 3.63) is 0 Å². The summed E-state index contributed by atoms with van der Waals surface area (Å²) >= 11 is 2.17. The van der Waals surface area contributed by atoms with E-state index in [1.54, 1.807) is 0 Å². The van der Waals surface area contributed by atoms with Gasteiger partial charge >= 0.3 is 0 Å². The van der Waals surface area contributed by atoms with E-state index in [1.807, 2.05) is 0 Å². The fourth-order valence-electron chi connectivity index (χ4n) is 3.90. The summed E-state index contributed by atoms with van der Waals surface area (Å²) in [5.41, 5.74) is 0. The smallest absolute Gasteiger partial charge is 0.0618 e. The Morgan fingerprint density at radius 2 is 1.83 bits per heavy atom. The van der Waals surface area contributed by atoms with Crippen molar-refractivity contribution in [3.8, 4) is 0 Å². The van der Waals surface area contributed by atoms with Crippen molar-refractivity contribution >= 4 is 11.8 Å². The molecule has 0 saturated carbocycles. The summed E-state index contributed by atoms with van der Waals surface area (Å²) in [6, 6.07) is 0.812. The summed E-state index contributed by atoms with van der Waals surface area (Å²) in [6.45, 7) is 3.70. The molecular weight excluding hydrogens is 242 g/mol. The Morgan fingerprint density at radius 1 is 0.944 bits per heavy atom. The number of hydrogen-bond acceptors (Lipinski definition) is 3. The van der Waals surface area contributed by atoms with E-state index < -0.39 is 0 Å². The molecule has 3 unspecified atom stereocenters. The van der Waals surface area contributed by atoms with Crippen molar-refractivity contribution in [3.63, 3.8) is 0 Å². The average Bonchev–Trinajstić information content (AvgIpc) is 2.49. The van der Waals surface area contributed by atoms with Crippen LogP contribution in [-0.2, 0) is 4.74 Å². The van der Waals surface area contributed by atoms with E-state index >= 15 is 0 Å². The summed E-state index contributed by atoms with van der Waals surface area (Å²) in [5.74, 6) is 3.53. The van der Waals surface area contributed by atoms with Crippen molar-refractivity contribution in [1.82, 2.24) is 4.90 Å². The molecule has 0 radical (unpaired) electrons. The van der Waals surface area contributed by atoms with Crippen LogP contribution in [0.4, 0.5) is 0 Å². The molecule has 3 fully saturated rings. The van der Waals surface area contributed by atoms with Gasteiger partial charge in [0.25, 0.3) is 0 Å². The standard InChI is InChI=1S/C15H27NOS/c1-3-8-16(9-4-1)14-12-18-11-7-13(14)15-6-2-5-10-17-15/h13-15H,1-12H2. The van der Waals surface area contributed by atoms with E-state index in [2.05, 4.69) is 16.7 Å². The Balaban J connectivity index is 1.64. The number of thioether (sulfide) groups is 1. The topological polar surface area (TPSA) is 12.5 Å². The maximum atomic E-state index is 6.10. The largest absolute Gasteiger partial charge is 0.378 e. The second-order valence-electron chi connectivity index (χ2n) is 6.10. The van der Waals surface area contributed by atoms with Gasteiger partial charge in [-0.3, -0.25) is 4.90 Å². The van der Waals surface area contributed by atoms with E-state index in [-0.39, 0.29) is 0 Å². The van der Waals surface area contributed by atoms with Gasteiger partial charge in [0, 0.05) is 24.3 Å². The van der Waals surface area contributed by atoms with Gasteiger partial charge in [-0.25, -0.2) is 0 Å². The van der Waals surface area contributed by atoms with E-state index in [1.165, 1.54) is 69.5 Å². The van der Waals surface area contributed by atoms with E-state index in [0.717, 1.165) is 18.6 Å². The number of likely N-dealkylation sites (tertiary alicyclic amines) is 1. The first kappa shape index (κ1) is 13.3. The number of piperidine rings is 1. The molecule has 3 heteroatoms. The monoisotopic (exact) mass is 269 g/mol. The molecule has 0 aromatic heterocycles. The first-order chi connectivity index (χ1) is 8.95. The van der Waals surface area contributed by atoms with E-state index in [0.29, 0.717) is 6.10 Å². The zero-order valence-corrected chi connectivity index (χ0v) is 12.3. The summed E-state index contributed by atoms with van der Waals surface area (Å²) < 4.78 is 6.10. The summed E-state index contributed by atoms with van der Waals surface area (Å²) in [6.07, 6.45) is 10.2. The Morgan fingerprint density at radius 3 is 2.61 bits per heavy atom. The lowest BCUT2D eigenvalue weighted by Gasteiger charge is -2.45. The second kappa shape index (κ2) is 6.62. The molecule has 3 heterocycles. The number of nitrogens with zero attached hydrogens (tertiary/aromatic N) is 1. The molecule has 3 aliphatic rings. The fraction of sp³-hybridized carbons (Fsp3) is 1.00. The third kappa shape index (κ3) is 3.05. The molecule has 18 heavy (non-hydrogen) atoms. The van der Waals surface area contributed by atoms with Crippen LogP contribution in [0.3, 0.4) is 0 Å². The highest BCUT2D eigenvalue weighted by molar-refractivity contribution is 7.99. The minimum absolute atomic E-state index is 0.576. The number of hydrogen-bond donors (Lipinski definition) is 0. The van der Waals surface area contributed by atoms with E-state index in [9.17, 15) is 0 Å². The quantitative estimate of drug-likeness (QED) is 0.764. The maximum Gasteiger partial charge on any atom is 0.0618 e. The van der Waals surface area contributed by atoms with Gasteiger partial charge in [-0.15, -0.1) is 0 Å². The Kier molecular flexibility index (Phi) is 4.88. The SMILES string of the molecule is C1CCN(C2CSCCC2C2CCCCO2)CC1. The van der Waals surface area contributed by atoms with Crippen molar-refractivity contribution in [2.75, 3.05) is 31.2 Å². The predicted molar refractivity (Wildman–Crippen MR) is 78.2 cm³/mol. The van der Waals surface area contributed by atoms with Crippen LogP contribution in [0.25, 0.3) is 0 Å². The van der Waals surface area contributed by atoms with Gasteiger partial charge < -0.3 is 4.74 Å². The lowest BCUT2D eigenvalue weighted by molar-refractivity contribution is -0.0484. The highest BCUT2D eigenvalue weighted by atomic mass is 32.2. The molecule has 2 nitrogen and oxygen atoms in total. The van der Waals surface area contributed by atoms with Crippen LogP contribution in [0, 0.1) is 5.92 Å². The zero-order chi connectivity index (χ0) is 12.2. The first-order valence-electron chi connectivity index (χ1n) is 7.88. The molecule has 0 amide bonds. The molecule has 0 aliphatic carbocycles. The third-order valence-electron chi connectivity index (χ3n) is 4.93. The molecule has 0 aromatic rings. The summed E-state index contributed by atoms with van der Waals surface area (Å²) in [5, 5.41) is 0. The van der Waals surface area contributed by atoms with E-state index in [4.69, 9.17) is 4.74 Å². The minimum Gasteiger partial charge on any atom is -0.378 e. The summed E-state index contributed by atoms with van der Waals surface area (Å²) in [4.78, 5) is 2.79. The lowest BCUT2D eigenvalue weighted by Crippen LogP contribution is -2.51. The van der Waals surface area contributed by atoms with Crippen molar-refractivity contribution in [2.24, 2.45) is 5.92 Å². The number of ether oxygens (including phenoxy) is 1. The van der Waals surface area contributed by atoms with Crippen LogP contribution in [0.5, 0.6) is 0 Å². The first-order valence-corrected chi connectivity index (χ1v) is 9.04. The molecule has 3 aliphatic heterocycles. The second-order valence-corrected chi connectivity index (χ2v) is 7.25. The normalized spacial score (nSPS) is 39.7. The van der Waals surface area contributed by atoms with Crippen molar-refractivity contribution < 1.29 is 4.74 Å². The van der Waals surface area contributed by atoms with Crippen LogP contribution in [-0.4, -0.2) is 48.2 Å². The van der Waals surface area contributed by atoms with Crippen LogP contribution in [0.2, 0.25) is 0 Å². The molecular formula is C15H27NOS.